The summed E-state index contributed by atoms with van der Waals surface area (Å²) < 4.78 is 26.3. The van der Waals surface area contributed by atoms with E-state index < -0.39 is 10.0 Å². The van der Waals surface area contributed by atoms with E-state index in [1.165, 1.54) is 0 Å². The minimum Gasteiger partial charge on any atom is -0.317 e. The number of halogens is 1. The monoisotopic (exact) mass is 304 g/mol. The molecule has 4 nitrogen and oxygen atoms in total. The normalized spacial score (nSPS) is 11.5. The van der Waals surface area contributed by atoms with Gasteiger partial charge in [0.25, 0.3) is 0 Å². The predicted molar refractivity (Wildman–Crippen MR) is 81.4 cm³/mol. The lowest BCUT2D eigenvalue weighted by Gasteiger charge is -2.10. The fourth-order valence-corrected chi connectivity index (χ4v) is 3.18. The summed E-state index contributed by atoms with van der Waals surface area (Å²) in [7, 11) is -3.32. The summed E-state index contributed by atoms with van der Waals surface area (Å²) in [6.07, 6.45) is 1.47. The van der Waals surface area contributed by atoms with Crippen LogP contribution in [-0.2, 0) is 10.0 Å². The van der Waals surface area contributed by atoms with Crippen LogP contribution in [0.2, 0.25) is 5.02 Å². The van der Waals surface area contributed by atoms with Gasteiger partial charge >= 0.3 is 0 Å². The summed E-state index contributed by atoms with van der Waals surface area (Å²) >= 11 is 6.00. The highest BCUT2D eigenvalue weighted by molar-refractivity contribution is 7.92. The van der Waals surface area contributed by atoms with Crippen molar-refractivity contribution < 1.29 is 8.42 Å². The van der Waals surface area contributed by atoms with Gasteiger partial charge in [-0.15, -0.1) is 0 Å². The highest BCUT2D eigenvalue weighted by Crippen LogP contribution is 2.23. The second kappa shape index (κ2) is 7.72. The summed E-state index contributed by atoms with van der Waals surface area (Å²) in [5.41, 5.74) is 1.44. The van der Waals surface area contributed by atoms with Gasteiger partial charge in [-0.05, 0) is 50.6 Å². The first-order chi connectivity index (χ1) is 8.94. The van der Waals surface area contributed by atoms with Crippen LogP contribution in [0, 0.1) is 6.92 Å². The molecule has 1 aromatic rings. The quantitative estimate of drug-likeness (QED) is 0.726. The molecular formula is C13H21ClN2O2S. The minimum atomic E-state index is -3.32. The van der Waals surface area contributed by atoms with Gasteiger partial charge in [0.2, 0.25) is 10.0 Å². The molecule has 108 valence electrons. The summed E-state index contributed by atoms with van der Waals surface area (Å²) in [6.45, 7) is 5.68. The van der Waals surface area contributed by atoms with Crippen molar-refractivity contribution >= 4 is 27.3 Å². The summed E-state index contributed by atoms with van der Waals surface area (Å²) in [5.74, 6) is 0.114. The van der Waals surface area contributed by atoms with Crippen molar-refractivity contribution in [1.82, 2.24) is 5.32 Å². The van der Waals surface area contributed by atoms with Crippen molar-refractivity contribution in [1.29, 1.82) is 0 Å². The van der Waals surface area contributed by atoms with Gasteiger partial charge in [0.15, 0.2) is 0 Å². The third kappa shape index (κ3) is 6.27. The second-order valence-electron chi connectivity index (χ2n) is 4.46. The van der Waals surface area contributed by atoms with Crippen LogP contribution in [0.5, 0.6) is 0 Å². The molecule has 0 aliphatic rings. The average Bonchev–Trinajstić information content (AvgIpc) is 2.32. The Morgan fingerprint density at radius 2 is 2.00 bits per heavy atom. The number of unbranched alkanes of at least 4 members (excludes halogenated alkanes) is 1. The molecule has 0 bridgehead atoms. The van der Waals surface area contributed by atoms with Gasteiger partial charge < -0.3 is 5.32 Å². The van der Waals surface area contributed by atoms with Gasteiger partial charge in [0.1, 0.15) is 0 Å². The molecule has 0 aromatic heterocycles. The van der Waals surface area contributed by atoms with E-state index in [0.717, 1.165) is 25.1 Å². The highest BCUT2D eigenvalue weighted by atomic mass is 35.5. The Labute approximate surface area is 120 Å². The van der Waals surface area contributed by atoms with E-state index in [0.29, 0.717) is 17.1 Å². The molecule has 0 heterocycles. The first kappa shape index (κ1) is 16.3. The lowest BCUT2D eigenvalue weighted by Crippen LogP contribution is -2.19. The molecule has 0 atom stereocenters. The fraction of sp³-hybridized carbons (Fsp3) is 0.538. The van der Waals surface area contributed by atoms with Gasteiger partial charge in [-0.25, -0.2) is 8.42 Å². The molecule has 0 saturated carbocycles. The molecular weight excluding hydrogens is 284 g/mol. The molecule has 6 heteroatoms. The van der Waals surface area contributed by atoms with Crippen LogP contribution in [0.1, 0.15) is 25.3 Å². The van der Waals surface area contributed by atoms with Crippen molar-refractivity contribution in [2.75, 3.05) is 23.6 Å². The van der Waals surface area contributed by atoms with Crippen molar-refractivity contribution in [2.45, 2.75) is 26.7 Å². The zero-order valence-corrected chi connectivity index (χ0v) is 12.9. The molecule has 0 aliphatic carbocycles. The third-order valence-corrected chi connectivity index (χ3v) is 4.33. The molecule has 0 amide bonds. The number of sulfonamides is 1. The van der Waals surface area contributed by atoms with Crippen LogP contribution in [0.25, 0.3) is 0 Å². The second-order valence-corrected chi connectivity index (χ2v) is 6.71. The smallest absolute Gasteiger partial charge is 0.232 e. The third-order valence-electron chi connectivity index (χ3n) is 2.66. The maximum atomic E-state index is 11.9. The largest absolute Gasteiger partial charge is 0.317 e. The zero-order valence-electron chi connectivity index (χ0n) is 11.4. The van der Waals surface area contributed by atoms with Gasteiger partial charge in [-0.2, -0.15) is 0 Å². The lowest BCUT2D eigenvalue weighted by atomic mass is 10.2. The lowest BCUT2D eigenvalue weighted by molar-refractivity contribution is 0.593. The molecule has 1 rings (SSSR count). The molecule has 19 heavy (non-hydrogen) atoms. The molecule has 0 saturated heterocycles. The van der Waals surface area contributed by atoms with Gasteiger partial charge in [-0.1, -0.05) is 24.6 Å². The van der Waals surface area contributed by atoms with E-state index in [2.05, 4.69) is 10.0 Å². The highest BCUT2D eigenvalue weighted by Gasteiger charge is 2.12. The van der Waals surface area contributed by atoms with Crippen LogP contribution in [-0.4, -0.2) is 27.3 Å². The van der Waals surface area contributed by atoms with Crippen molar-refractivity contribution in [3.05, 3.63) is 28.8 Å². The number of hydrogen-bond donors (Lipinski definition) is 2. The van der Waals surface area contributed by atoms with Crippen molar-refractivity contribution in [3.63, 3.8) is 0 Å². The number of anilines is 1. The number of rotatable bonds is 8. The number of benzene rings is 1. The van der Waals surface area contributed by atoms with Crippen LogP contribution < -0.4 is 10.0 Å². The van der Waals surface area contributed by atoms with Crippen molar-refractivity contribution in [2.24, 2.45) is 0 Å². The molecule has 0 spiro atoms. The van der Waals surface area contributed by atoms with Crippen LogP contribution in [0.4, 0.5) is 5.69 Å². The first-order valence-electron chi connectivity index (χ1n) is 6.42. The number of hydrogen-bond acceptors (Lipinski definition) is 3. The van der Waals surface area contributed by atoms with E-state index in [4.69, 9.17) is 11.6 Å². The Balaban J connectivity index is 2.50. The molecule has 0 radical (unpaired) electrons. The Morgan fingerprint density at radius 3 is 2.63 bits per heavy atom. The standard InChI is InChI=1S/C13H21ClN2O2S/c1-3-15-8-4-5-9-19(17,18)16-13-7-6-11(2)10-12(13)14/h6-7,10,15-16H,3-5,8-9H2,1-2H3. The van der Waals surface area contributed by atoms with Crippen LogP contribution in [0.3, 0.4) is 0 Å². The van der Waals surface area contributed by atoms with E-state index >= 15 is 0 Å². The molecule has 0 fully saturated rings. The fourth-order valence-electron chi connectivity index (χ4n) is 1.64. The Kier molecular flexibility index (Phi) is 6.62. The van der Waals surface area contributed by atoms with E-state index in [-0.39, 0.29) is 5.75 Å². The Bertz CT molecular complexity index is 503. The zero-order chi connectivity index (χ0) is 14.3. The summed E-state index contributed by atoms with van der Waals surface area (Å²) in [6, 6.07) is 5.26. The van der Waals surface area contributed by atoms with E-state index in [1.807, 2.05) is 19.9 Å². The molecule has 1 aromatic carbocycles. The summed E-state index contributed by atoms with van der Waals surface area (Å²) in [5, 5.41) is 3.59. The molecule has 0 aliphatic heterocycles. The molecule has 0 unspecified atom stereocenters. The SMILES string of the molecule is CCNCCCCS(=O)(=O)Nc1ccc(C)cc1Cl. The van der Waals surface area contributed by atoms with Crippen LogP contribution >= 0.6 is 11.6 Å². The van der Waals surface area contributed by atoms with Gasteiger partial charge in [-0.3, -0.25) is 4.72 Å². The maximum Gasteiger partial charge on any atom is 0.232 e. The van der Waals surface area contributed by atoms with E-state index in [9.17, 15) is 8.42 Å². The topological polar surface area (TPSA) is 58.2 Å². The van der Waals surface area contributed by atoms with Crippen LogP contribution in [0.15, 0.2) is 18.2 Å². The number of aryl methyl sites for hydroxylation is 1. The number of nitrogens with one attached hydrogen (secondary N) is 2. The predicted octanol–water partition coefficient (Wildman–Crippen LogP) is 2.78. The Morgan fingerprint density at radius 1 is 1.26 bits per heavy atom. The average molecular weight is 305 g/mol. The van der Waals surface area contributed by atoms with Gasteiger partial charge in [0.05, 0.1) is 16.5 Å². The van der Waals surface area contributed by atoms with Crippen molar-refractivity contribution in [3.8, 4) is 0 Å². The Hall–Kier alpha value is -0.780. The summed E-state index contributed by atoms with van der Waals surface area (Å²) in [4.78, 5) is 0. The molecule has 2 N–H and O–H groups in total. The maximum absolute atomic E-state index is 11.9. The first-order valence-corrected chi connectivity index (χ1v) is 8.45. The van der Waals surface area contributed by atoms with E-state index in [1.54, 1.807) is 12.1 Å². The van der Waals surface area contributed by atoms with Gasteiger partial charge in [0, 0.05) is 0 Å². The minimum absolute atomic E-state index is 0.114.